The van der Waals surface area contributed by atoms with E-state index in [9.17, 15) is 19.2 Å². The topological polar surface area (TPSA) is 106 Å². The van der Waals surface area contributed by atoms with Crippen molar-refractivity contribution in [1.82, 2.24) is 4.90 Å². The number of carbonyl (C=O) groups is 4. The van der Waals surface area contributed by atoms with Crippen molar-refractivity contribution in [2.75, 3.05) is 11.9 Å². The van der Waals surface area contributed by atoms with Gasteiger partial charge in [-0.1, -0.05) is 6.07 Å². The van der Waals surface area contributed by atoms with Gasteiger partial charge in [-0.25, -0.2) is 4.79 Å². The summed E-state index contributed by atoms with van der Waals surface area (Å²) in [6, 6.07) is 13.0. The van der Waals surface area contributed by atoms with Crippen molar-refractivity contribution < 1.29 is 28.3 Å². The molecule has 1 N–H and O–H groups in total. The molecule has 0 saturated carbocycles. The molecule has 0 unspecified atom stereocenters. The maximum absolute atomic E-state index is 12.7. The first-order valence-corrected chi connectivity index (χ1v) is 9.90. The number of hydrogen-bond donors (Lipinski definition) is 1. The first-order valence-electron chi connectivity index (χ1n) is 9.90. The van der Waals surface area contributed by atoms with E-state index in [-0.39, 0.29) is 23.2 Å². The average Bonchev–Trinajstić information content (AvgIpc) is 3.34. The number of carbonyl (C=O) groups excluding carboxylic acids is 4. The van der Waals surface area contributed by atoms with E-state index < -0.39 is 30.3 Å². The van der Waals surface area contributed by atoms with Crippen LogP contribution in [0.25, 0.3) is 0 Å². The van der Waals surface area contributed by atoms with Crippen molar-refractivity contribution in [1.29, 1.82) is 0 Å². The molecule has 32 heavy (non-hydrogen) atoms. The van der Waals surface area contributed by atoms with Gasteiger partial charge in [0, 0.05) is 5.69 Å². The smallest absolute Gasteiger partial charge is 0.338 e. The van der Waals surface area contributed by atoms with E-state index in [0.717, 1.165) is 16.0 Å². The number of ether oxygens (including phenoxy) is 1. The second kappa shape index (κ2) is 8.50. The number of benzene rings is 2. The van der Waals surface area contributed by atoms with Crippen LogP contribution in [-0.2, 0) is 16.1 Å². The second-order valence-electron chi connectivity index (χ2n) is 7.54. The largest absolute Gasteiger partial charge is 0.467 e. The van der Waals surface area contributed by atoms with E-state index in [1.165, 1.54) is 24.5 Å². The summed E-state index contributed by atoms with van der Waals surface area (Å²) in [4.78, 5) is 50.8. The molecule has 0 bridgehead atoms. The van der Waals surface area contributed by atoms with Gasteiger partial charge in [0.1, 0.15) is 5.76 Å². The van der Waals surface area contributed by atoms with E-state index in [2.05, 4.69) is 5.32 Å². The van der Waals surface area contributed by atoms with Crippen LogP contribution in [0.1, 0.15) is 48.0 Å². The molecule has 2 aromatic carbocycles. The predicted molar refractivity (Wildman–Crippen MR) is 114 cm³/mol. The molecule has 162 valence electrons. The fourth-order valence-corrected chi connectivity index (χ4v) is 3.58. The number of hydrogen-bond acceptors (Lipinski definition) is 6. The molecule has 4 rings (SSSR count). The first-order chi connectivity index (χ1) is 15.3. The molecule has 2 heterocycles. The third-order valence-electron chi connectivity index (χ3n) is 4.94. The number of furan rings is 1. The Morgan fingerprint density at radius 2 is 1.69 bits per heavy atom. The number of fused-ring (bicyclic) bond motifs is 1. The molecule has 0 atom stereocenters. The Morgan fingerprint density at radius 3 is 2.38 bits per heavy atom. The highest BCUT2D eigenvalue weighted by Crippen LogP contribution is 2.26. The van der Waals surface area contributed by atoms with Crippen LogP contribution in [0, 0.1) is 13.8 Å². The summed E-state index contributed by atoms with van der Waals surface area (Å²) in [6.07, 6.45) is 1.46. The fraction of sp³-hybridized carbons (Fsp3) is 0.167. The molecule has 1 aliphatic rings. The summed E-state index contributed by atoms with van der Waals surface area (Å²) in [7, 11) is 0. The molecule has 3 amide bonds. The molecular weight excluding hydrogens is 412 g/mol. The second-order valence-corrected chi connectivity index (χ2v) is 7.54. The Morgan fingerprint density at radius 1 is 0.969 bits per heavy atom. The quantitative estimate of drug-likeness (QED) is 0.472. The lowest BCUT2D eigenvalue weighted by molar-refractivity contribution is -0.119. The van der Waals surface area contributed by atoms with Gasteiger partial charge >= 0.3 is 5.97 Å². The zero-order valence-electron chi connectivity index (χ0n) is 17.5. The minimum atomic E-state index is -0.770. The summed E-state index contributed by atoms with van der Waals surface area (Å²) in [5, 5.41) is 2.68. The number of nitrogens with zero attached hydrogens (tertiary/aromatic N) is 1. The van der Waals surface area contributed by atoms with Crippen molar-refractivity contribution in [2.24, 2.45) is 0 Å². The predicted octanol–water partition coefficient (Wildman–Crippen LogP) is 3.49. The molecule has 8 heteroatoms. The van der Waals surface area contributed by atoms with Crippen molar-refractivity contribution in [2.45, 2.75) is 20.4 Å². The Balaban J connectivity index is 1.40. The van der Waals surface area contributed by atoms with Crippen LogP contribution in [0.4, 0.5) is 5.69 Å². The van der Waals surface area contributed by atoms with Crippen LogP contribution >= 0.6 is 0 Å². The summed E-state index contributed by atoms with van der Waals surface area (Å²) >= 11 is 0. The zero-order chi connectivity index (χ0) is 22.8. The third-order valence-corrected chi connectivity index (χ3v) is 4.94. The Hall–Kier alpha value is -4.20. The minimum Gasteiger partial charge on any atom is -0.467 e. The van der Waals surface area contributed by atoms with Crippen LogP contribution in [0.15, 0.2) is 59.2 Å². The summed E-state index contributed by atoms with van der Waals surface area (Å²) in [5.74, 6) is -1.78. The lowest BCUT2D eigenvalue weighted by Crippen LogP contribution is -2.28. The average molecular weight is 432 g/mol. The van der Waals surface area contributed by atoms with E-state index >= 15 is 0 Å². The van der Waals surface area contributed by atoms with Crippen molar-refractivity contribution in [3.8, 4) is 0 Å². The van der Waals surface area contributed by atoms with Crippen molar-refractivity contribution in [3.05, 3.63) is 88.4 Å². The molecule has 1 aromatic heterocycles. The van der Waals surface area contributed by atoms with Gasteiger partial charge in [-0.3, -0.25) is 19.3 Å². The molecule has 8 nitrogen and oxygen atoms in total. The van der Waals surface area contributed by atoms with Crippen LogP contribution in [0.2, 0.25) is 0 Å². The fourth-order valence-electron chi connectivity index (χ4n) is 3.58. The van der Waals surface area contributed by atoms with Crippen molar-refractivity contribution >= 4 is 29.4 Å². The summed E-state index contributed by atoms with van der Waals surface area (Å²) < 4.78 is 10.3. The van der Waals surface area contributed by atoms with Gasteiger partial charge in [0.25, 0.3) is 17.7 Å². The van der Waals surface area contributed by atoms with Crippen LogP contribution in [0.5, 0.6) is 0 Å². The van der Waals surface area contributed by atoms with Gasteiger partial charge in [-0.15, -0.1) is 0 Å². The number of anilines is 1. The number of rotatable bonds is 6. The van der Waals surface area contributed by atoms with Gasteiger partial charge in [-0.05, 0) is 67.4 Å². The maximum Gasteiger partial charge on any atom is 0.338 e. The number of imide groups is 1. The molecule has 0 aliphatic carbocycles. The Kier molecular flexibility index (Phi) is 5.59. The molecular formula is C24H20N2O6. The van der Waals surface area contributed by atoms with E-state index in [4.69, 9.17) is 9.15 Å². The van der Waals surface area contributed by atoms with Crippen LogP contribution in [0.3, 0.4) is 0 Å². The van der Waals surface area contributed by atoms with E-state index in [0.29, 0.717) is 11.4 Å². The molecule has 3 aromatic rings. The summed E-state index contributed by atoms with van der Waals surface area (Å²) in [5.41, 5.74) is 2.98. The number of aryl methyl sites for hydroxylation is 2. The number of nitrogens with one attached hydrogen (secondary N) is 1. The SMILES string of the molecule is Cc1cc(C)cc(NC(=O)COC(=O)c2ccc3c(c2)C(=O)N(Cc2ccco2)C3=O)c1. The van der Waals surface area contributed by atoms with Crippen LogP contribution < -0.4 is 5.32 Å². The van der Waals surface area contributed by atoms with Gasteiger partial charge in [0.05, 0.1) is 29.5 Å². The van der Waals surface area contributed by atoms with Gasteiger partial charge in [0.15, 0.2) is 6.61 Å². The number of amides is 3. The van der Waals surface area contributed by atoms with Gasteiger partial charge in [0.2, 0.25) is 0 Å². The third kappa shape index (κ3) is 4.29. The minimum absolute atomic E-state index is 0.00225. The molecule has 0 saturated heterocycles. The molecule has 0 fully saturated rings. The highest BCUT2D eigenvalue weighted by atomic mass is 16.5. The molecule has 0 radical (unpaired) electrons. The monoisotopic (exact) mass is 432 g/mol. The normalized spacial score (nSPS) is 12.6. The van der Waals surface area contributed by atoms with E-state index in [1.54, 1.807) is 12.1 Å². The maximum atomic E-state index is 12.7. The van der Waals surface area contributed by atoms with Gasteiger partial charge < -0.3 is 14.5 Å². The lowest BCUT2D eigenvalue weighted by atomic mass is 10.1. The van der Waals surface area contributed by atoms with Crippen molar-refractivity contribution in [3.63, 3.8) is 0 Å². The van der Waals surface area contributed by atoms with Crippen LogP contribution in [-0.4, -0.2) is 35.2 Å². The Bertz CT molecular complexity index is 1210. The molecule has 1 aliphatic heterocycles. The number of esters is 1. The Labute approximate surface area is 183 Å². The summed E-state index contributed by atoms with van der Waals surface area (Å²) in [6.45, 7) is 3.34. The lowest BCUT2D eigenvalue weighted by Gasteiger charge is -2.11. The van der Waals surface area contributed by atoms with Gasteiger partial charge in [-0.2, -0.15) is 0 Å². The highest BCUT2D eigenvalue weighted by Gasteiger charge is 2.36. The highest BCUT2D eigenvalue weighted by molar-refractivity contribution is 6.21. The molecule has 0 spiro atoms. The first kappa shape index (κ1) is 21.0. The zero-order valence-corrected chi connectivity index (χ0v) is 17.5. The standard InChI is InChI=1S/C24H20N2O6/c1-14-8-15(2)10-17(9-14)25-21(27)13-32-24(30)16-5-6-19-20(11-16)23(29)26(22(19)28)12-18-4-3-7-31-18/h3-11H,12-13H2,1-2H3,(H,25,27). The van der Waals surface area contributed by atoms with E-state index in [1.807, 2.05) is 32.0 Å².